The van der Waals surface area contributed by atoms with Gasteiger partial charge in [0, 0.05) is 6.42 Å². The standard InChI is InChI=1S/C15H17NO7/c17-9-16-11(4-6-23-15(16)21)8-14(20)22-5-3-10-1-2-12(18)13(19)7-10/h1-2,4,6-7,9,11,15,18-19,21H,3,5,8H2/t11-,15?/m0/s1. The van der Waals surface area contributed by atoms with Crippen LogP contribution in [0.25, 0.3) is 0 Å². The molecule has 0 bridgehead atoms. The maximum Gasteiger partial charge on any atom is 0.308 e. The molecule has 0 fully saturated rings. The molecule has 0 saturated heterocycles. The fourth-order valence-corrected chi connectivity index (χ4v) is 2.08. The van der Waals surface area contributed by atoms with Crippen molar-refractivity contribution in [2.75, 3.05) is 6.61 Å². The van der Waals surface area contributed by atoms with Crippen molar-refractivity contribution in [1.82, 2.24) is 4.90 Å². The van der Waals surface area contributed by atoms with Crippen molar-refractivity contribution < 1.29 is 34.4 Å². The number of phenols is 2. The summed E-state index contributed by atoms with van der Waals surface area (Å²) < 4.78 is 9.79. The summed E-state index contributed by atoms with van der Waals surface area (Å²) in [5, 5.41) is 28.0. The van der Waals surface area contributed by atoms with Gasteiger partial charge in [-0.1, -0.05) is 6.07 Å². The number of nitrogens with zero attached hydrogens (tertiary/aromatic N) is 1. The SMILES string of the molecule is O=CN1C(O)OC=C[C@H]1CC(=O)OCCc1ccc(O)c(O)c1. The van der Waals surface area contributed by atoms with Crippen LogP contribution < -0.4 is 0 Å². The second-order valence-corrected chi connectivity index (χ2v) is 4.91. The average molecular weight is 323 g/mol. The molecule has 1 amide bonds. The third kappa shape index (κ3) is 4.36. The largest absolute Gasteiger partial charge is 0.504 e. The Kier molecular flexibility index (Phi) is 5.42. The van der Waals surface area contributed by atoms with Gasteiger partial charge in [0.05, 0.1) is 25.3 Å². The third-order valence-electron chi connectivity index (χ3n) is 3.33. The third-order valence-corrected chi connectivity index (χ3v) is 3.33. The van der Waals surface area contributed by atoms with Crippen LogP contribution >= 0.6 is 0 Å². The summed E-state index contributed by atoms with van der Waals surface area (Å²) in [6.07, 6.45) is 1.92. The summed E-state index contributed by atoms with van der Waals surface area (Å²) in [6.45, 7) is 0.0830. The lowest BCUT2D eigenvalue weighted by Gasteiger charge is -2.31. The van der Waals surface area contributed by atoms with Crippen LogP contribution in [0.15, 0.2) is 30.5 Å². The Morgan fingerprint density at radius 2 is 2.13 bits per heavy atom. The number of aromatic hydroxyl groups is 2. The molecule has 0 saturated carbocycles. The normalized spacial score (nSPS) is 20.0. The molecule has 0 aromatic heterocycles. The van der Waals surface area contributed by atoms with Crippen molar-refractivity contribution in [3.05, 3.63) is 36.1 Å². The minimum absolute atomic E-state index is 0.0830. The number of rotatable bonds is 6. The Morgan fingerprint density at radius 3 is 2.83 bits per heavy atom. The first-order chi connectivity index (χ1) is 11.0. The molecule has 0 radical (unpaired) electrons. The highest BCUT2D eigenvalue weighted by Gasteiger charge is 2.28. The number of benzene rings is 1. The van der Waals surface area contributed by atoms with Crippen LogP contribution in [-0.4, -0.2) is 51.7 Å². The van der Waals surface area contributed by atoms with Gasteiger partial charge in [-0.2, -0.15) is 0 Å². The number of esters is 1. The van der Waals surface area contributed by atoms with Crippen LogP contribution in [0.2, 0.25) is 0 Å². The van der Waals surface area contributed by atoms with Gasteiger partial charge in [0.15, 0.2) is 11.5 Å². The summed E-state index contributed by atoms with van der Waals surface area (Å²) >= 11 is 0. The summed E-state index contributed by atoms with van der Waals surface area (Å²) in [6, 6.07) is 3.70. The zero-order chi connectivity index (χ0) is 16.8. The van der Waals surface area contributed by atoms with Crippen molar-refractivity contribution in [3.8, 4) is 11.5 Å². The number of ether oxygens (including phenoxy) is 2. The second kappa shape index (κ2) is 7.50. The van der Waals surface area contributed by atoms with Gasteiger partial charge < -0.3 is 24.8 Å². The number of carbonyl (C=O) groups is 2. The molecule has 0 spiro atoms. The van der Waals surface area contributed by atoms with Gasteiger partial charge in [-0.3, -0.25) is 14.5 Å². The first kappa shape index (κ1) is 16.6. The van der Waals surface area contributed by atoms with Crippen LogP contribution in [0.4, 0.5) is 0 Å². The Hall–Kier alpha value is -2.74. The highest BCUT2D eigenvalue weighted by Crippen LogP contribution is 2.25. The van der Waals surface area contributed by atoms with Crippen molar-refractivity contribution in [1.29, 1.82) is 0 Å². The Labute approximate surface area is 132 Å². The topological polar surface area (TPSA) is 117 Å². The van der Waals surface area contributed by atoms with Crippen molar-refractivity contribution in [2.45, 2.75) is 25.3 Å². The van der Waals surface area contributed by atoms with E-state index in [1.54, 1.807) is 6.07 Å². The zero-order valence-corrected chi connectivity index (χ0v) is 12.2. The van der Waals surface area contributed by atoms with E-state index in [4.69, 9.17) is 9.47 Å². The van der Waals surface area contributed by atoms with E-state index in [-0.39, 0.29) is 24.5 Å². The molecule has 1 unspecified atom stereocenters. The molecule has 0 aliphatic carbocycles. The van der Waals surface area contributed by atoms with E-state index in [2.05, 4.69) is 0 Å². The Morgan fingerprint density at radius 1 is 1.35 bits per heavy atom. The van der Waals surface area contributed by atoms with Crippen LogP contribution in [0, 0.1) is 0 Å². The fourth-order valence-electron chi connectivity index (χ4n) is 2.08. The number of carbonyl (C=O) groups excluding carboxylic acids is 2. The summed E-state index contributed by atoms with van der Waals surface area (Å²) in [5.74, 6) is -0.995. The molecule has 1 aliphatic heterocycles. The highest BCUT2D eigenvalue weighted by atomic mass is 16.6. The first-order valence-corrected chi connectivity index (χ1v) is 6.90. The number of aliphatic hydroxyl groups is 1. The fraction of sp³-hybridized carbons (Fsp3) is 0.333. The van der Waals surface area contributed by atoms with Crippen molar-refractivity contribution >= 4 is 12.4 Å². The van der Waals surface area contributed by atoms with Crippen LogP contribution in [0.1, 0.15) is 12.0 Å². The van der Waals surface area contributed by atoms with Gasteiger partial charge in [0.25, 0.3) is 6.41 Å². The molecule has 3 N–H and O–H groups in total. The van der Waals surface area contributed by atoms with Crippen LogP contribution in [0.3, 0.4) is 0 Å². The predicted octanol–water partition coefficient (Wildman–Crippen LogP) is 0.220. The van der Waals surface area contributed by atoms with Gasteiger partial charge >= 0.3 is 5.97 Å². The summed E-state index contributed by atoms with van der Waals surface area (Å²) in [7, 11) is 0. The van der Waals surface area contributed by atoms with E-state index in [0.29, 0.717) is 18.4 Å². The molecule has 8 nitrogen and oxygen atoms in total. The van der Waals surface area contributed by atoms with E-state index in [9.17, 15) is 24.9 Å². The van der Waals surface area contributed by atoms with E-state index in [0.717, 1.165) is 4.90 Å². The molecule has 1 heterocycles. The minimum Gasteiger partial charge on any atom is -0.504 e. The van der Waals surface area contributed by atoms with E-state index >= 15 is 0 Å². The van der Waals surface area contributed by atoms with Gasteiger partial charge in [-0.05, 0) is 23.8 Å². The summed E-state index contributed by atoms with van der Waals surface area (Å²) in [5.41, 5.74) is 0.698. The maximum absolute atomic E-state index is 11.8. The molecular formula is C15H17NO7. The summed E-state index contributed by atoms with van der Waals surface area (Å²) in [4.78, 5) is 23.6. The number of phenolic OH excluding ortho intramolecular Hbond substituents is 2. The van der Waals surface area contributed by atoms with Crippen LogP contribution in [0.5, 0.6) is 11.5 Å². The smallest absolute Gasteiger partial charge is 0.308 e. The number of hydrogen-bond donors (Lipinski definition) is 3. The molecule has 2 atom stereocenters. The van der Waals surface area contributed by atoms with Crippen molar-refractivity contribution in [2.24, 2.45) is 0 Å². The predicted molar refractivity (Wildman–Crippen MR) is 77.0 cm³/mol. The highest BCUT2D eigenvalue weighted by molar-refractivity contribution is 5.71. The van der Waals surface area contributed by atoms with E-state index in [1.165, 1.54) is 24.5 Å². The zero-order valence-electron chi connectivity index (χ0n) is 12.2. The molecule has 8 heteroatoms. The van der Waals surface area contributed by atoms with Crippen LogP contribution in [-0.2, 0) is 25.5 Å². The molecule has 1 aliphatic rings. The molecule has 124 valence electrons. The molecule has 1 aromatic rings. The van der Waals surface area contributed by atoms with Crippen molar-refractivity contribution in [3.63, 3.8) is 0 Å². The quantitative estimate of drug-likeness (QED) is 0.389. The number of amides is 1. The lowest BCUT2D eigenvalue weighted by molar-refractivity contribution is -0.183. The molecule has 2 rings (SSSR count). The number of hydrogen-bond acceptors (Lipinski definition) is 7. The molecule has 23 heavy (non-hydrogen) atoms. The second-order valence-electron chi connectivity index (χ2n) is 4.91. The number of aliphatic hydroxyl groups excluding tert-OH is 1. The van der Waals surface area contributed by atoms with Gasteiger partial charge in [0.1, 0.15) is 0 Å². The first-order valence-electron chi connectivity index (χ1n) is 6.90. The van der Waals surface area contributed by atoms with Gasteiger partial charge in [-0.25, -0.2) is 0 Å². The minimum atomic E-state index is -1.42. The van der Waals surface area contributed by atoms with E-state index < -0.39 is 18.4 Å². The Bertz CT molecular complexity index is 601. The monoisotopic (exact) mass is 323 g/mol. The maximum atomic E-state index is 11.8. The van der Waals surface area contributed by atoms with Gasteiger partial charge in [-0.15, -0.1) is 0 Å². The van der Waals surface area contributed by atoms with E-state index in [1.807, 2.05) is 0 Å². The lowest BCUT2D eigenvalue weighted by Crippen LogP contribution is -2.45. The molecule has 1 aromatic carbocycles. The Balaban J connectivity index is 1.80. The average Bonchev–Trinajstić information content (AvgIpc) is 2.51. The molecular weight excluding hydrogens is 306 g/mol. The lowest BCUT2D eigenvalue weighted by atomic mass is 10.1. The van der Waals surface area contributed by atoms with Gasteiger partial charge in [0.2, 0.25) is 6.41 Å².